The summed E-state index contributed by atoms with van der Waals surface area (Å²) < 4.78 is 0. The molecule has 2 saturated heterocycles. The van der Waals surface area contributed by atoms with Crippen LogP contribution in [0.15, 0.2) is 58.5 Å². The van der Waals surface area contributed by atoms with Gasteiger partial charge in [-0.1, -0.05) is 61.4 Å². The van der Waals surface area contributed by atoms with Gasteiger partial charge in [0.15, 0.2) is 0 Å². The molecule has 0 unspecified atom stereocenters. The molecule has 40 heavy (non-hydrogen) atoms. The summed E-state index contributed by atoms with van der Waals surface area (Å²) in [5.74, 6) is 0.0886. The number of benzene rings is 2. The SMILES string of the molecule is [Cu+2].[Cu+2].[N-]=[N+]=[N-].[N-]=[N+]=[N-].[O-]c1ccccc1C=NC[C@@H]1CCCCN1.[O-]c1ccccc1C=NC[C@H]1CCCCN1. The maximum Gasteiger partial charge on any atom is 2.00 e. The number of para-hydroxylation sites is 2. The van der Waals surface area contributed by atoms with Gasteiger partial charge in [-0.05, 0) is 49.9 Å². The van der Waals surface area contributed by atoms with Crippen LogP contribution in [-0.4, -0.2) is 50.7 Å². The molecule has 4 rings (SSSR count). The zero-order chi connectivity index (χ0) is 27.8. The van der Waals surface area contributed by atoms with E-state index >= 15 is 0 Å². The average molecular weight is 646 g/mol. The van der Waals surface area contributed by atoms with Gasteiger partial charge in [0.25, 0.3) is 0 Å². The first-order valence-electron chi connectivity index (χ1n) is 12.5. The van der Waals surface area contributed by atoms with Crippen LogP contribution in [0.4, 0.5) is 0 Å². The Morgan fingerprint density at radius 1 is 0.675 bits per heavy atom. The summed E-state index contributed by atoms with van der Waals surface area (Å²) >= 11 is 0. The molecular weight excluding hydrogens is 611 g/mol. The Bertz CT molecular complexity index is 964. The summed E-state index contributed by atoms with van der Waals surface area (Å²) in [6, 6.07) is 15.0. The van der Waals surface area contributed by atoms with Crippen LogP contribution in [0.5, 0.6) is 11.5 Å². The molecule has 2 aromatic carbocycles. The monoisotopic (exact) mass is 644 g/mol. The van der Waals surface area contributed by atoms with Crippen molar-refractivity contribution in [2.24, 2.45) is 9.98 Å². The van der Waals surface area contributed by atoms with Crippen molar-refractivity contribution in [1.29, 1.82) is 0 Å². The average Bonchev–Trinajstić information content (AvgIpc) is 2.93. The van der Waals surface area contributed by atoms with Gasteiger partial charge in [-0.25, -0.2) is 0 Å². The number of aliphatic imine (C=N–C) groups is 2. The van der Waals surface area contributed by atoms with Crippen LogP contribution in [0.25, 0.3) is 31.9 Å². The van der Waals surface area contributed by atoms with Gasteiger partial charge in [0.2, 0.25) is 0 Å². The molecule has 2 aliphatic heterocycles. The van der Waals surface area contributed by atoms with E-state index in [4.69, 9.17) is 22.1 Å². The van der Waals surface area contributed by atoms with Gasteiger partial charge >= 0.3 is 34.1 Å². The third kappa shape index (κ3) is 18.3. The first-order valence-corrected chi connectivity index (χ1v) is 12.5. The Morgan fingerprint density at radius 3 is 1.32 bits per heavy atom. The molecule has 0 saturated carbocycles. The van der Waals surface area contributed by atoms with Crippen molar-refractivity contribution in [3.05, 3.63) is 91.6 Å². The van der Waals surface area contributed by atoms with E-state index in [-0.39, 0.29) is 45.6 Å². The largest absolute Gasteiger partial charge is 2.00 e. The fourth-order valence-corrected chi connectivity index (χ4v) is 3.89. The van der Waals surface area contributed by atoms with Gasteiger partial charge in [-0.15, -0.1) is 11.5 Å². The number of rotatable bonds is 6. The summed E-state index contributed by atoms with van der Waals surface area (Å²) in [7, 11) is 0. The minimum Gasteiger partial charge on any atom is -0.872 e. The van der Waals surface area contributed by atoms with Gasteiger partial charge in [0.1, 0.15) is 0 Å². The number of piperidine rings is 2. The van der Waals surface area contributed by atoms with Crippen molar-refractivity contribution >= 4 is 12.4 Å². The van der Waals surface area contributed by atoms with Crippen LogP contribution in [-0.2, 0) is 34.1 Å². The number of hydrogen-bond donors (Lipinski definition) is 2. The molecule has 0 amide bonds. The molecule has 0 aromatic heterocycles. The molecule has 0 bridgehead atoms. The van der Waals surface area contributed by atoms with Gasteiger partial charge in [0, 0.05) is 24.5 Å². The van der Waals surface area contributed by atoms with Crippen molar-refractivity contribution in [1.82, 2.24) is 10.6 Å². The van der Waals surface area contributed by atoms with E-state index in [1.54, 1.807) is 48.8 Å². The zero-order valence-electron chi connectivity index (χ0n) is 22.0. The third-order valence-electron chi connectivity index (χ3n) is 5.78. The van der Waals surface area contributed by atoms with E-state index in [2.05, 4.69) is 20.6 Å². The summed E-state index contributed by atoms with van der Waals surface area (Å²) in [4.78, 5) is 11.7. The second kappa shape index (κ2) is 26.2. The molecule has 0 aliphatic carbocycles. The maximum atomic E-state index is 11.4. The van der Waals surface area contributed by atoms with Gasteiger partial charge in [-0.3, -0.25) is 19.8 Å². The van der Waals surface area contributed by atoms with E-state index in [9.17, 15) is 10.2 Å². The van der Waals surface area contributed by atoms with Crippen LogP contribution < -0.4 is 20.8 Å². The Labute approximate surface area is 256 Å². The zero-order valence-corrected chi connectivity index (χ0v) is 23.9. The number of nitrogens with one attached hydrogen (secondary N) is 2. The number of hydrogen-bond acceptors (Lipinski definition) is 6. The summed E-state index contributed by atoms with van der Waals surface area (Å²) in [5, 5.41) is 29.6. The number of nitrogens with zero attached hydrogens (tertiary/aromatic N) is 8. The molecule has 12 nitrogen and oxygen atoms in total. The Morgan fingerprint density at radius 2 is 1.02 bits per heavy atom. The van der Waals surface area contributed by atoms with Gasteiger partial charge in [-0.2, -0.15) is 0 Å². The fourth-order valence-electron chi connectivity index (χ4n) is 3.89. The normalized spacial score (nSPS) is 17.5. The molecule has 2 heterocycles. The van der Waals surface area contributed by atoms with Crippen molar-refractivity contribution in [2.45, 2.75) is 50.6 Å². The Balaban J connectivity index is 0. The van der Waals surface area contributed by atoms with Crippen molar-refractivity contribution < 1.29 is 44.4 Å². The maximum absolute atomic E-state index is 11.4. The molecule has 2 radical (unpaired) electrons. The van der Waals surface area contributed by atoms with E-state index < -0.39 is 0 Å². The second-order valence-corrected chi connectivity index (χ2v) is 8.54. The minimum atomic E-state index is 0. The summed E-state index contributed by atoms with van der Waals surface area (Å²) in [6.45, 7) is 3.74. The Kier molecular flexibility index (Phi) is 25.6. The molecular formula is C26H34Cu2N10O2. The molecule has 2 aromatic rings. The van der Waals surface area contributed by atoms with Crippen LogP contribution in [0.2, 0.25) is 0 Å². The van der Waals surface area contributed by atoms with Crippen LogP contribution in [0.3, 0.4) is 0 Å². The van der Waals surface area contributed by atoms with Gasteiger partial charge < -0.3 is 43.0 Å². The summed E-state index contributed by atoms with van der Waals surface area (Å²) in [6.07, 6.45) is 10.9. The van der Waals surface area contributed by atoms with Gasteiger partial charge in [0.05, 0.1) is 13.1 Å². The molecule has 222 valence electrons. The predicted molar refractivity (Wildman–Crippen MR) is 148 cm³/mol. The first kappa shape index (κ1) is 39.1. The predicted octanol–water partition coefficient (Wildman–Crippen LogP) is 4.37. The molecule has 2 N–H and O–H groups in total. The first-order chi connectivity index (χ1) is 18.5. The van der Waals surface area contributed by atoms with E-state index in [1.165, 1.54) is 48.3 Å². The standard InChI is InChI=1S/2C13H18N2O.2Cu.2N3/c2*16-13-7-2-1-5-11(13)9-14-10-12-6-3-4-8-15-12;;;2*1-3-2/h2*1-2,5,7,9,12,15-16H,3-4,6,8,10H2;;;;/q;;2*+2;2*-1/p-2/t2*12-;;;;/m10..../s1. The quantitative estimate of drug-likeness (QED) is 0.154. The summed E-state index contributed by atoms with van der Waals surface area (Å²) in [5.41, 5.74) is 28.4. The molecule has 2 fully saturated rings. The van der Waals surface area contributed by atoms with Crippen molar-refractivity contribution in [3.8, 4) is 11.5 Å². The van der Waals surface area contributed by atoms with Crippen LogP contribution in [0, 0.1) is 0 Å². The van der Waals surface area contributed by atoms with Crippen molar-refractivity contribution in [2.75, 3.05) is 26.2 Å². The second-order valence-electron chi connectivity index (χ2n) is 8.54. The smallest absolute Gasteiger partial charge is 0.872 e. The topological polar surface area (TPSA) is 212 Å². The van der Waals surface area contributed by atoms with Crippen LogP contribution in [0.1, 0.15) is 49.7 Å². The molecule has 2 aliphatic rings. The van der Waals surface area contributed by atoms with Crippen molar-refractivity contribution in [3.63, 3.8) is 0 Å². The molecule has 2 atom stereocenters. The van der Waals surface area contributed by atoms with E-state index in [0.717, 1.165) is 26.2 Å². The Hall–Kier alpha value is -3.04. The van der Waals surface area contributed by atoms with E-state index in [0.29, 0.717) is 23.2 Å². The fraction of sp³-hybridized carbons (Fsp3) is 0.462. The molecule has 14 heteroatoms. The molecule has 0 spiro atoms. The van der Waals surface area contributed by atoms with Crippen LogP contribution >= 0.6 is 0 Å². The third-order valence-corrected chi connectivity index (χ3v) is 5.78. The minimum absolute atomic E-state index is 0. The van der Waals surface area contributed by atoms with E-state index in [1.807, 2.05) is 12.1 Å².